The Bertz CT molecular complexity index is 610. The van der Waals surface area contributed by atoms with Gasteiger partial charge in [-0.2, -0.15) is 0 Å². The van der Waals surface area contributed by atoms with Crippen LogP contribution in [-0.2, 0) is 11.2 Å². The first-order valence-electron chi connectivity index (χ1n) is 7.30. The second-order valence-electron chi connectivity index (χ2n) is 5.24. The minimum atomic E-state index is -0.104. The Hall–Kier alpha value is -1.45. The number of amides is 1. The van der Waals surface area contributed by atoms with Crippen molar-refractivity contribution in [2.75, 3.05) is 6.54 Å². The first-order valence-corrected chi connectivity index (χ1v) is 8.56. The Morgan fingerprint density at radius 1 is 1.14 bits per heavy atom. The Labute approximate surface area is 141 Å². The lowest BCUT2D eigenvalue weighted by Gasteiger charge is -2.12. The van der Waals surface area contributed by atoms with Crippen molar-refractivity contribution in [3.8, 4) is 0 Å². The fourth-order valence-corrected chi connectivity index (χ4v) is 3.02. The Morgan fingerprint density at radius 3 is 2.41 bits per heavy atom. The third-order valence-corrected chi connectivity index (χ3v) is 4.69. The second-order valence-corrected chi connectivity index (χ2v) is 7.09. The molecular formula is C18H20ClNOS. The molecule has 1 N–H and O–H groups in total. The van der Waals surface area contributed by atoms with Gasteiger partial charge < -0.3 is 5.32 Å². The molecule has 116 valence electrons. The topological polar surface area (TPSA) is 29.1 Å². The summed E-state index contributed by atoms with van der Waals surface area (Å²) in [5, 5.41) is 3.61. The van der Waals surface area contributed by atoms with Crippen molar-refractivity contribution in [1.29, 1.82) is 0 Å². The van der Waals surface area contributed by atoms with Crippen molar-refractivity contribution in [3.05, 3.63) is 64.7 Å². The standard InChI is InChI=1S/C18H20ClNOS/c1-13-3-9-17(10-4-13)22-14(2)18(21)20-12-11-15-5-7-16(19)8-6-15/h3-10,14H,11-12H2,1-2H3,(H,20,21)/t14-/m1/s1. The van der Waals surface area contributed by atoms with Crippen molar-refractivity contribution in [2.45, 2.75) is 30.4 Å². The molecule has 0 aliphatic heterocycles. The molecule has 0 aliphatic carbocycles. The first kappa shape index (κ1) is 16.9. The largest absolute Gasteiger partial charge is 0.355 e. The van der Waals surface area contributed by atoms with Gasteiger partial charge in [-0.05, 0) is 50.1 Å². The molecule has 2 aromatic carbocycles. The highest BCUT2D eigenvalue weighted by Gasteiger charge is 2.13. The molecule has 0 bridgehead atoms. The molecule has 4 heteroatoms. The van der Waals surface area contributed by atoms with Gasteiger partial charge in [-0.15, -0.1) is 11.8 Å². The number of hydrogen-bond acceptors (Lipinski definition) is 2. The van der Waals surface area contributed by atoms with Crippen molar-refractivity contribution in [3.63, 3.8) is 0 Å². The molecule has 0 unspecified atom stereocenters. The first-order chi connectivity index (χ1) is 10.5. The van der Waals surface area contributed by atoms with Crippen LogP contribution in [0.25, 0.3) is 0 Å². The number of carbonyl (C=O) groups is 1. The lowest BCUT2D eigenvalue weighted by Crippen LogP contribution is -2.32. The summed E-state index contributed by atoms with van der Waals surface area (Å²) in [7, 11) is 0. The molecule has 2 rings (SSSR count). The maximum Gasteiger partial charge on any atom is 0.233 e. The zero-order chi connectivity index (χ0) is 15.9. The van der Waals surface area contributed by atoms with E-state index in [4.69, 9.17) is 11.6 Å². The molecule has 0 aromatic heterocycles. The van der Waals surface area contributed by atoms with Crippen LogP contribution in [0.2, 0.25) is 5.02 Å². The Balaban J connectivity index is 1.76. The fraction of sp³-hybridized carbons (Fsp3) is 0.278. The maximum absolute atomic E-state index is 12.1. The summed E-state index contributed by atoms with van der Waals surface area (Å²) in [6.45, 7) is 4.63. The molecule has 0 saturated heterocycles. The molecule has 0 radical (unpaired) electrons. The lowest BCUT2D eigenvalue weighted by molar-refractivity contribution is -0.120. The van der Waals surface area contributed by atoms with Gasteiger partial charge in [-0.25, -0.2) is 0 Å². The van der Waals surface area contributed by atoms with Gasteiger partial charge in [0.05, 0.1) is 5.25 Å². The second kappa shape index (κ2) is 8.25. The number of nitrogens with one attached hydrogen (secondary N) is 1. The molecule has 0 spiro atoms. The fourth-order valence-electron chi connectivity index (χ4n) is 2.00. The van der Waals surface area contributed by atoms with Gasteiger partial charge in [0, 0.05) is 16.5 Å². The van der Waals surface area contributed by atoms with E-state index in [1.807, 2.05) is 31.2 Å². The maximum atomic E-state index is 12.1. The van der Waals surface area contributed by atoms with Crippen molar-refractivity contribution in [2.24, 2.45) is 0 Å². The quantitative estimate of drug-likeness (QED) is 0.789. The molecule has 0 heterocycles. The van der Waals surface area contributed by atoms with E-state index < -0.39 is 0 Å². The number of aryl methyl sites for hydroxylation is 1. The van der Waals surface area contributed by atoms with Crippen LogP contribution in [0.5, 0.6) is 0 Å². The van der Waals surface area contributed by atoms with Crippen LogP contribution < -0.4 is 5.32 Å². The highest BCUT2D eigenvalue weighted by atomic mass is 35.5. The van der Waals surface area contributed by atoms with Crippen LogP contribution in [0.15, 0.2) is 53.4 Å². The van der Waals surface area contributed by atoms with Gasteiger partial charge in [-0.1, -0.05) is 41.4 Å². The number of benzene rings is 2. The molecule has 2 aromatic rings. The SMILES string of the molecule is Cc1ccc(S[C@H](C)C(=O)NCCc2ccc(Cl)cc2)cc1. The normalized spacial score (nSPS) is 12.0. The smallest absolute Gasteiger partial charge is 0.233 e. The molecule has 2 nitrogen and oxygen atoms in total. The number of carbonyl (C=O) groups excluding carboxylic acids is 1. The van der Waals surface area contributed by atoms with E-state index in [2.05, 4.69) is 36.5 Å². The molecule has 0 aliphatic rings. The number of thioether (sulfide) groups is 1. The summed E-state index contributed by atoms with van der Waals surface area (Å²) >= 11 is 7.43. The van der Waals surface area contributed by atoms with E-state index in [0.29, 0.717) is 6.54 Å². The molecule has 22 heavy (non-hydrogen) atoms. The Kier molecular flexibility index (Phi) is 6.34. The van der Waals surface area contributed by atoms with Crippen molar-refractivity contribution >= 4 is 29.3 Å². The average Bonchev–Trinajstić information content (AvgIpc) is 2.51. The summed E-state index contributed by atoms with van der Waals surface area (Å²) in [6, 6.07) is 15.9. The van der Waals surface area contributed by atoms with Gasteiger partial charge in [0.1, 0.15) is 0 Å². The van der Waals surface area contributed by atoms with Crippen LogP contribution in [-0.4, -0.2) is 17.7 Å². The molecule has 0 saturated carbocycles. The predicted molar refractivity (Wildman–Crippen MR) is 94.7 cm³/mol. The van der Waals surface area contributed by atoms with Crippen LogP contribution in [0.3, 0.4) is 0 Å². The highest BCUT2D eigenvalue weighted by Crippen LogP contribution is 2.23. The lowest BCUT2D eigenvalue weighted by atomic mass is 10.1. The summed E-state index contributed by atoms with van der Waals surface area (Å²) in [5.74, 6) is 0.0690. The van der Waals surface area contributed by atoms with Gasteiger partial charge in [-0.3, -0.25) is 4.79 Å². The zero-order valence-corrected chi connectivity index (χ0v) is 14.4. The monoisotopic (exact) mass is 333 g/mol. The van der Waals surface area contributed by atoms with E-state index >= 15 is 0 Å². The van der Waals surface area contributed by atoms with Crippen LogP contribution in [0.1, 0.15) is 18.1 Å². The third-order valence-electron chi connectivity index (χ3n) is 3.33. The predicted octanol–water partition coefficient (Wildman–Crippen LogP) is 4.49. The molecule has 1 amide bonds. The van der Waals surface area contributed by atoms with Crippen LogP contribution in [0.4, 0.5) is 0 Å². The molecule has 0 fully saturated rings. The number of hydrogen-bond donors (Lipinski definition) is 1. The third kappa shape index (κ3) is 5.39. The van der Waals surface area contributed by atoms with Gasteiger partial charge >= 0.3 is 0 Å². The van der Waals surface area contributed by atoms with E-state index in [9.17, 15) is 4.79 Å². The molecular weight excluding hydrogens is 314 g/mol. The van der Waals surface area contributed by atoms with E-state index in [0.717, 1.165) is 16.3 Å². The van der Waals surface area contributed by atoms with E-state index in [-0.39, 0.29) is 11.2 Å². The van der Waals surface area contributed by atoms with Crippen molar-refractivity contribution < 1.29 is 4.79 Å². The van der Waals surface area contributed by atoms with Crippen LogP contribution >= 0.6 is 23.4 Å². The number of rotatable bonds is 6. The summed E-state index contributed by atoms with van der Waals surface area (Å²) in [5.41, 5.74) is 2.40. The summed E-state index contributed by atoms with van der Waals surface area (Å²) in [6.07, 6.45) is 0.810. The zero-order valence-electron chi connectivity index (χ0n) is 12.8. The average molecular weight is 334 g/mol. The van der Waals surface area contributed by atoms with Gasteiger partial charge in [0.2, 0.25) is 5.91 Å². The number of halogens is 1. The Morgan fingerprint density at radius 2 is 1.77 bits per heavy atom. The van der Waals surface area contributed by atoms with E-state index in [1.165, 1.54) is 11.1 Å². The molecule has 1 atom stereocenters. The minimum absolute atomic E-state index is 0.0690. The van der Waals surface area contributed by atoms with Gasteiger partial charge in [0.25, 0.3) is 0 Å². The summed E-state index contributed by atoms with van der Waals surface area (Å²) < 4.78 is 0. The summed E-state index contributed by atoms with van der Waals surface area (Å²) in [4.78, 5) is 13.2. The van der Waals surface area contributed by atoms with Crippen LogP contribution in [0, 0.1) is 6.92 Å². The minimum Gasteiger partial charge on any atom is -0.355 e. The van der Waals surface area contributed by atoms with Gasteiger partial charge in [0.15, 0.2) is 0 Å². The van der Waals surface area contributed by atoms with E-state index in [1.54, 1.807) is 11.8 Å². The highest BCUT2D eigenvalue weighted by molar-refractivity contribution is 8.00. The van der Waals surface area contributed by atoms with Crippen molar-refractivity contribution in [1.82, 2.24) is 5.32 Å².